The molecule has 0 spiro atoms. The van der Waals surface area contributed by atoms with Gasteiger partial charge in [-0.3, -0.25) is 33.4 Å². The van der Waals surface area contributed by atoms with E-state index in [0.717, 1.165) is 40.5 Å². The van der Waals surface area contributed by atoms with Crippen molar-refractivity contribution in [3.05, 3.63) is 86.2 Å². The second kappa shape index (κ2) is 20.9. The minimum atomic E-state index is -2.98. The van der Waals surface area contributed by atoms with Crippen LogP contribution >= 0.6 is 0 Å². The number of halogens is 2. The molecule has 1 saturated heterocycles. The number of aryl methyl sites for hydroxylation is 3. The van der Waals surface area contributed by atoms with Crippen molar-refractivity contribution < 1.29 is 42.4 Å². The number of nitrogens with one attached hydrogen (secondary N) is 3. The molecule has 3 aromatic heterocycles. The highest BCUT2D eigenvalue weighted by atomic mass is 19.3. The van der Waals surface area contributed by atoms with Gasteiger partial charge in [0.2, 0.25) is 17.8 Å². The number of ether oxygens (including phenoxy) is 4. The van der Waals surface area contributed by atoms with Crippen molar-refractivity contribution in [2.24, 2.45) is 7.05 Å². The first-order valence-electron chi connectivity index (χ1n) is 21.7. The van der Waals surface area contributed by atoms with E-state index in [4.69, 9.17) is 18.9 Å². The number of anilines is 3. The lowest BCUT2D eigenvalue weighted by atomic mass is 9.99. The molecule has 1 aliphatic carbocycles. The van der Waals surface area contributed by atoms with Crippen LogP contribution in [0.2, 0.25) is 0 Å². The fraction of sp³-hybridized carbons (Fsp3) is 0.511. The van der Waals surface area contributed by atoms with Gasteiger partial charge in [0.25, 0.3) is 12.0 Å². The number of hydrogen-bond donors (Lipinski definition) is 4. The molecule has 344 valence electrons. The van der Waals surface area contributed by atoms with Gasteiger partial charge in [-0.1, -0.05) is 12.1 Å². The molecule has 7 rings (SSSR count). The van der Waals surface area contributed by atoms with E-state index in [0.29, 0.717) is 97.0 Å². The van der Waals surface area contributed by atoms with Gasteiger partial charge in [-0.05, 0) is 93.8 Å². The number of carbonyl (C=O) groups is 2. The maximum absolute atomic E-state index is 13.8. The van der Waals surface area contributed by atoms with Crippen LogP contribution in [0.5, 0.6) is 0 Å². The zero-order valence-corrected chi connectivity index (χ0v) is 36.4. The number of hydrogen-bond acceptors (Lipinski definition) is 13. The minimum absolute atomic E-state index is 0.187. The molecule has 4 N–H and O–H groups in total. The predicted octanol–water partition coefficient (Wildman–Crippen LogP) is 5.00. The number of benzene rings is 2. The summed E-state index contributed by atoms with van der Waals surface area (Å²) in [6, 6.07) is 11.1. The lowest BCUT2D eigenvalue weighted by molar-refractivity contribution is -0.135. The van der Waals surface area contributed by atoms with Gasteiger partial charge in [0.15, 0.2) is 0 Å². The lowest BCUT2D eigenvalue weighted by Gasteiger charge is -2.28. The zero-order chi connectivity index (χ0) is 45.4. The number of imidazole rings is 1. The van der Waals surface area contributed by atoms with Crippen molar-refractivity contribution >= 4 is 51.2 Å². The van der Waals surface area contributed by atoms with Crippen LogP contribution in [-0.4, -0.2) is 106 Å². The number of rotatable bonds is 22. The lowest BCUT2D eigenvalue weighted by Crippen LogP contribution is -2.44. The van der Waals surface area contributed by atoms with E-state index in [-0.39, 0.29) is 35.0 Å². The standard InChI is InChI=1S/C45H56F2N8O9/c1-28-25-31(11-12-33(28)50-43-49-27-30-26-32(39(46)47)42(58)55(40(30)52-43)36-10-5-15-45(36,2)60)48-16-18-62-20-22-64-24-23-63-21-19-61-17-6-8-29-7-4-9-34-38(29)53(3)44(59)54(34)35-13-14-37(56)51-41(35)57/h4,7,9,11-12,25-27,35-36,39,48,60H,5-6,8,10,13-24H2,1-3H3,(H,49,50,52)(H,51,56,57)/t35?,36-,45-/m1/s1. The number of aliphatic hydroxyl groups is 1. The summed E-state index contributed by atoms with van der Waals surface area (Å²) < 4.78 is 54.6. The minimum Gasteiger partial charge on any atom is -0.388 e. The van der Waals surface area contributed by atoms with E-state index in [1.54, 1.807) is 18.5 Å². The molecule has 5 aromatic rings. The summed E-state index contributed by atoms with van der Waals surface area (Å²) in [4.78, 5) is 59.4. The van der Waals surface area contributed by atoms with E-state index >= 15 is 0 Å². The molecule has 1 unspecified atom stereocenters. The highest BCUT2D eigenvalue weighted by Gasteiger charge is 2.40. The van der Waals surface area contributed by atoms with Crippen LogP contribution in [0.1, 0.15) is 80.6 Å². The average Bonchev–Trinajstić information content (AvgIpc) is 3.74. The maximum atomic E-state index is 13.8. The normalized spacial score (nSPS) is 19.0. The molecule has 0 radical (unpaired) electrons. The van der Waals surface area contributed by atoms with Crippen LogP contribution in [0.4, 0.5) is 26.1 Å². The highest BCUT2D eigenvalue weighted by molar-refractivity contribution is 6.00. The molecule has 2 amide bonds. The van der Waals surface area contributed by atoms with E-state index in [1.165, 1.54) is 15.3 Å². The smallest absolute Gasteiger partial charge is 0.329 e. The van der Waals surface area contributed by atoms with Crippen LogP contribution in [0.25, 0.3) is 22.1 Å². The summed E-state index contributed by atoms with van der Waals surface area (Å²) in [6.45, 7) is 7.66. The fourth-order valence-corrected chi connectivity index (χ4v) is 8.56. The Morgan fingerprint density at radius 1 is 0.938 bits per heavy atom. The third-order valence-electron chi connectivity index (χ3n) is 11.8. The highest BCUT2D eigenvalue weighted by Crippen LogP contribution is 2.40. The number of carbonyl (C=O) groups excluding carboxylic acids is 2. The molecule has 1 aliphatic heterocycles. The summed E-state index contributed by atoms with van der Waals surface area (Å²) in [5, 5.41) is 20.1. The Morgan fingerprint density at radius 2 is 1.66 bits per heavy atom. The molecular formula is C45H56F2N8O9. The van der Waals surface area contributed by atoms with E-state index in [1.807, 2.05) is 43.3 Å². The van der Waals surface area contributed by atoms with E-state index in [2.05, 4.69) is 25.9 Å². The molecule has 64 heavy (non-hydrogen) atoms. The Kier molecular flexibility index (Phi) is 15.2. The number of alkyl halides is 2. The molecule has 3 atom stereocenters. The molecular weight excluding hydrogens is 835 g/mol. The van der Waals surface area contributed by atoms with Gasteiger partial charge >= 0.3 is 5.69 Å². The van der Waals surface area contributed by atoms with Gasteiger partial charge in [0.1, 0.15) is 11.7 Å². The Bertz CT molecular complexity index is 2580. The number of pyridine rings is 1. The van der Waals surface area contributed by atoms with Crippen molar-refractivity contribution in [2.45, 2.75) is 82.9 Å². The molecule has 1 saturated carbocycles. The van der Waals surface area contributed by atoms with Gasteiger partial charge in [-0.2, -0.15) is 4.98 Å². The van der Waals surface area contributed by atoms with Crippen LogP contribution < -0.4 is 27.2 Å². The summed E-state index contributed by atoms with van der Waals surface area (Å²) in [5.41, 5.74) is 2.09. The Balaban J connectivity index is 0.751. The van der Waals surface area contributed by atoms with Gasteiger partial charge in [-0.25, -0.2) is 18.6 Å². The Morgan fingerprint density at radius 3 is 2.33 bits per heavy atom. The monoisotopic (exact) mass is 890 g/mol. The van der Waals surface area contributed by atoms with Gasteiger partial charge in [0.05, 0.1) is 74.5 Å². The molecule has 2 fully saturated rings. The first-order chi connectivity index (χ1) is 30.8. The molecule has 4 heterocycles. The number of imide groups is 1. The largest absolute Gasteiger partial charge is 0.388 e. The van der Waals surface area contributed by atoms with E-state index in [9.17, 15) is 33.1 Å². The topological polar surface area (TPSA) is 202 Å². The van der Waals surface area contributed by atoms with E-state index < -0.39 is 41.1 Å². The van der Waals surface area contributed by atoms with Crippen LogP contribution in [-0.2, 0) is 42.0 Å². The summed E-state index contributed by atoms with van der Waals surface area (Å²) in [6.07, 6.45) is 1.91. The predicted molar refractivity (Wildman–Crippen MR) is 235 cm³/mol. The van der Waals surface area contributed by atoms with Crippen LogP contribution in [0.15, 0.2) is 58.3 Å². The Labute approximate surface area is 368 Å². The Hall–Kier alpha value is -5.60. The molecule has 17 nitrogen and oxygen atoms in total. The first-order valence-corrected chi connectivity index (χ1v) is 21.7. The van der Waals surface area contributed by atoms with Crippen molar-refractivity contribution in [2.75, 3.05) is 70.0 Å². The SMILES string of the molecule is Cc1cc(NCCOCCOCCOCCOCCCc2cccc3c2n(C)c(=O)n3C2CCC(=O)NC2=O)ccc1Nc1ncc2cc(C(F)F)c(=O)n([C@@H]3CCC[C@@]3(C)O)c2n1. The molecule has 19 heteroatoms. The molecule has 0 bridgehead atoms. The molecule has 2 aliphatic rings. The van der Waals surface area contributed by atoms with Crippen molar-refractivity contribution in [1.29, 1.82) is 0 Å². The average molecular weight is 891 g/mol. The third kappa shape index (κ3) is 10.7. The molecule has 2 aromatic carbocycles. The number of aromatic nitrogens is 5. The van der Waals surface area contributed by atoms with Gasteiger partial charge in [0, 0.05) is 49.6 Å². The second-order valence-electron chi connectivity index (χ2n) is 16.4. The van der Waals surface area contributed by atoms with Gasteiger partial charge < -0.3 is 34.7 Å². The van der Waals surface area contributed by atoms with Crippen molar-refractivity contribution in [3.63, 3.8) is 0 Å². The number of para-hydroxylation sites is 1. The van der Waals surface area contributed by atoms with Crippen LogP contribution in [0, 0.1) is 6.92 Å². The number of nitrogens with zero attached hydrogens (tertiary/aromatic N) is 5. The number of fused-ring (bicyclic) bond motifs is 2. The summed E-state index contributed by atoms with van der Waals surface area (Å²) >= 11 is 0. The van der Waals surface area contributed by atoms with Crippen LogP contribution in [0.3, 0.4) is 0 Å². The van der Waals surface area contributed by atoms with Crippen molar-refractivity contribution in [1.82, 2.24) is 29.0 Å². The third-order valence-corrected chi connectivity index (χ3v) is 11.8. The summed E-state index contributed by atoms with van der Waals surface area (Å²) in [7, 11) is 1.70. The maximum Gasteiger partial charge on any atom is 0.329 e. The zero-order valence-electron chi connectivity index (χ0n) is 36.4. The van der Waals surface area contributed by atoms with Gasteiger partial charge in [-0.15, -0.1) is 0 Å². The first kappa shape index (κ1) is 46.4. The fourth-order valence-electron chi connectivity index (χ4n) is 8.56. The second-order valence-corrected chi connectivity index (χ2v) is 16.4. The quantitative estimate of drug-likeness (QED) is 0.0535. The van der Waals surface area contributed by atoms with Crippen molar-refractivity contribution in [3.8, 4) is 0 Å². The summed E-state index contributed by atoms with van der Waals surface area (Å²) in [5.74, 6) is -0.584. The number of piperidine rings is 1. The number of amides is 2.